The largest absolute Gasteiger partial charge is 0.378 e. The third-order valence-electron chi connectivity index (χ3n) is 6.60. The van der Waals surface area contributed by atoms with Crippen molar-refractivity contribution in [1.29, 1.82) is 0 Å². The van der Waals surface area contributed by atoms with Crippen LogP contribution in [0.5, 0.6) is 0 Å². The molecular weight excluding hydrogens is 536 g/mol. The molecule has 0 radical (unpaired) electrons. The Labute approximate surface area is 240 Å². The number of rotatable bonds is 20. The summed E-state index contributed by atoms with van der Waals surface area (Å²) in [7, 11) is 5.81. The van der Waals surface area contributed by atoms with Crippen LogP contribution in [-0.2, 0) is 33.3 Å². The number of ether oxygens (including phenoxy) is 5. The van der Waals surface area contributed by atoms with Gasteiger partial charge in [0.1, 0.15) is 6.04 Å². The predicted molar refractivity (Wildman–Crippen MR) is 149 cm³/mol. The van der Waals surface area contributed by atoms with Crippen LogP contribution in [0.15, 0.2) is 18.2 Å². The Hall–Kier alpha value is -2.94. The molecule has 0 saturated carbocycles. The number of hydrogen-bond acceptors (Lipinski definition) is 11. The summed E-state index contributed by atoms with van der Waals surface area (Å²) in [6.45, 7) is 6.29. The van der Waals surface area contributed by atoms with E-state index in [1.54, 1.807) is 25.2 Å². The zero-order valence-corrected chi connectivity index (χ0v) is 24.2. The normalized spacial score (nSPS) is 17.0. The number of carbonyl (C=O) groups is 4. The Morgan fingerprint density at radius 1 is 0.756 bits per heavy atom. The van der Waals surface area contributed by atoms with Crippen molar-refractivity contribution in [2.24, 2.45) is 0 Å². The van der Waals surface area contributed by atoms with Crippen LogP contribution in [0.3, 0.4) is 0 Å². The number of hydrogen-bond donors (Lipinski definition) is 1. The third-order valence-corrected chi connectivity index (χ3v) is 6.60. The lowest BCUT2D eigenvalue weighted by molar-refractivity contribution is -0.136. The van der Waals surface area contributed by atoms with Crippen molar-refractivity contribution in [3.05, 3.63) is 29.3 Å². The van der Waals surface area contributed by atoms with E-state index in [-0.39, 0.29) is 24.0 Å². The van der Waals surface area contributed by atoms with Crippen LogP contribution in [-0.4, -0.2) is 140 Å². The minimum atomic E-state index is -0.997. The zero-order chi connectivity index (χ0) is 29.6. The zero-order valence-electron chi connectivity index (χ0n) is 24.2. The number of amides is 4. The molecule has 1 aromatic rings. The molecule has 2 aliphatic rings. The second kappa shape index (κ2) is 17.1. The van der Waals surface area contributed by atoms with Gasteiger partial charge < -0.3 is 33.5 Å². The van der Waals surface area contributed by atoms with E-state index in [1.807, 2.05) is 19.0 Å². The van der Waals surface area contributed by atoms with E-state index in [0.717, 1.165) is 11.4 Å². The number of likely N-dealkylation sites (N-methyl/N-ethyl adjacent to an activating group) is 2. The van der Waals surface area contributed by atoms with Gasteiger partial charge in [0.2, 0.25) is 11.8 Å². The van der Waals surface area contributed by atoms with E-state index in [1.165, 1.54) is 0 Å². The Morgan fingerprint density at radius 3 is 1.83 bits per heavy atom. The summed E-state index contributed by atoms with van der Waals surface area (Å²) in [5, 5.41) is 2.21. The van der Waals surface area contributed by atoms with Gasteiger partial charge in [0.25, 0.3) is 11.8 Å². The topological polar surface area (TPSA) is 136 Å². The first-order valence-corrected chi connectivity index (χ1v) is 13.9. The quantitative estimate of drug-likeness (QED) is 0.168. The number of nitrogens with one attached hydrogen (secondary N) is 1. The second-order valence-corrected chi connectivity index (χ2v) is 9.93. The van der Waals surface area contributed by atoms with Gasteiger partial charge in [-0.2, -0.15) is 0 Å². The van der Waals surface area contributed by atoms with Crippen molar-refractivity contribution < 1.29 is 42.9 Å². The van der Waals surface area contributed by atoms with E-state index in [4.69, 9.17) is 23.7 Å². The van der Waals surface area contributed by atoms with Crippen molar-refractivity contribution in [2.45, 2.75) is 18.9 Å². The van der Waals surface area contributed by atoms with Gasteiger partial charge in [0.15, 0.2) is 0 Å². The summed E-state index contributed by atoms with van der Waals surface area (Å²) in [6.07, 6.45) is 0.193. The minimum absolute atomic E-state index is 0.0771. The van der Waals surface area contributed by atoms with Gasteiger partial charge in [-0.25, -0.2) is 0 Å². The highest BCUT2D eigenvalue weighted by molar-refractivity contribution is 6.25. The van der Waals surface area contributed by atoms with Crippen LogP contribution in [0.1, 0.15) is 33.6 Å². The van der Waals surface area contributed by atoms with Crippen molar-refractivity contribution in [1.82, 2.24) is 15.1 Å². The molecule has 3 rings (SSSR count). The van der Waals surface area contributed by atoms with Crippen molar-refractivity contribution in [3.63, 3.8) is 0 Å². The van der Waals surface area contributed by atoms with E-state index in [2.05, 4.69) is 10.2 Å². The van der Waals surface area contributed by atoms with E-state index in [0.29, 0.717) is 78.3 Å². The summed E-state index contributed by atoms with van der Waals surface area (Å²) in [5.41, 5.74) is 1.08. The fourth-order valence-electron chi connectivity index (χ4n) is 4.37. The molecular formula is C28H42N4O9. The van der Waals surface area contributed by atoms with E-state index < -0.39 is 29.7 Å². The average molecular weight is 579 g/mol. The average Bonchev–Trinajstić information content (AvgIpc) is 3.19. The van der Waals surface area contributed by atoms with Gasteiger partial charge in [0, 0.05) is 26.6 Å². The summed E-state index contributed by atoms with van der Waals surface area (Å²) in [6, 6.07) is 4.04. The lowest BCUT2D eigenvalue weighted by atomic mass is 10.0. The molecule has 0 aromatic heterocycles. The van der Waals surface area contributed by atoms with Crippen LogP contribution >= 0.6 is 0 Å². The standard InChI is InChI=1S/C28H42N4O9/c1-30(2)9-11-37-13-15-39-17-19-41-20-18-40-16-14-38-12-10-31(3)22-6-4-5-21-25(22)28(36)32(27(21)35)23-7-8-24(33)29-26(23)34/h4-6,23H,7-20H2,1-3H3,(H,29,33,34). The summed E-state index contributed by atoms with van der Waals surface area (Å²) in [4.78, 5) is 54.9. The highest BCUT2D eigenvalue weighted by Gasteiger charge is 2.45. The molecule has 41 heavy (non-hydrogen) atoms. The number of carbonyl (C=O) groups excluding carboxylic acids is 4. The predicted octanol–water partition coefficient (Wildman–Crippen LogP) is 0.169. The monoisotopic (exact) mass is 578 g/mol. The molecule has 1 N–H and O–H groups in total. The Bertz CT molecular complexity index is 1040. The molecule has 2 aliphatic heterocycles. The fraction of sp³-hybridized carbons (Fsp3) is 0.643. The fourth-order valence-corrected chi connectivity index (χ4v) is 4.37. The van der Waals surface area contributed by atoms with Gasteiger partial charge in [-0.05, 0) is 32.6 Å². The molecule has 1 fully saturated rings. The maximum atomic E-state index is 13.2. The first kappa shape index (κ1) is 32.6. The maximum Gasteiger partial charge on any atom is 0.264 e. The van der Waals surface area contributed by atoms with Crippen molar-refractivity contribution >= 4 is 29.3 Å². The number of anilines is 1. The highest BCUT2D eigenvalue weighted by atomic mass is 16.6. The summed E-state index contributed by atoms with van der Waals surface area (Å²) in [5.74, 6) is -2.10. The maximum absolute atomic E-state index is 13.2. The van der Waals surface area contributed by atoms with Crippen LogP contribution in [0.25, 0.3) is 0 Å². The first-order chi connectivity index (χ1) is 19.8. The Morgan fingerprint density at radius 2 is 1.29 bits per heavy atom. The third kappa shape index (κ3) is 9.83. The summed E-state index contributed by atoms with van der Waals surface area (Å²) < 4.78 is 27.5. The smallest absolute Gasteiger partial charge is 0.264 e. The molecule has 0 aliphatic carbocycles. The van der Waals surface area contributed by atoms with Crippen LogP contribution in [0, 0.1) is 0 Å². The minimum Gasteiger partial charge on any atom is -0.378 e. The molecule has 1 atom stereocenters. The molecule has 13 heteroatoms. The molecule has 1 unspecified atom stereocenters. The van der Waals surface area contributed by atoms with Crippen LogP contribution in [0.2, 0.25) is 0 Å². The summed E-state index contributed by atoms with van der Waals surface area (Å²) >= 11 is 0. The lowest BCUT2D eigenvalue weighted by Crippen LogP contribution is -2.54. The number of benzene rings is 1. The highest BCUT2D eigenvalue weighted by Crippen LogP contribution is 2.33. The van der Waals surface area contributed by atoms with Crippen molar-refractivity contribution in [3.8, 4) is 0 Å². The lowest BCUT2D eigenvalue weighted by Gasteiger charge is -2.28. The molecule has 228 valence electrons. The van der Waals surface area contributed by atoms with E-state index in [9.17, 15) is 19.2 Å². The Balaban J connectivity index is 1.26. The van der Waals surface area contributed by atoms with Gasteiger partial charge in [-0.1, -0.05) is 6.07 Å². The first-order valence-electron chi connectivity index (χ1n) is 13.9. The molecule has 2 heterocycles. The van der Waals surface area contributed by atoms with Crippen LogP contribution < -0.4 is 10.2 Å². The molecule has 1 saturated heterocycles. The number of imide groups is 2. The van der Waals surface area contributed by atoms with Gasteiger partial charge >= 0.3 is 0 Å². The van der Waals surface area contributed by atoms with E-state index >= 15 is 0 Å². The molecule has 0 bridgehead atoms. The van der Waals surface area contributed by atoms with Gasteiger partial charge in [0.05, 0.1) is 82.9 Å². The number of nitrogens with zero attached hydrogens (tertiary/aromatic N) is 3. The number of fused-ring (bicyclic) bond motifs is 1. The molecule has 1 aromatic carbocycles. The van der Waals surface area contributed by atoms with Crippen LogP contribution in [0.4, 0.5) is 5.69 Å². The van der Waals surface area contributed by atoms with Gasteiger partial charge in [-0.15, -0.1) is 0 Å². The SMILES string of the molecule is CN(C)CCOCCOCCOCCOCCOCCN(C)c1cccc2c1C(=O)N(C1CCC(=O)NC1=O)C2=O. The number of piperidine rings is 1. The Kier molecular flexibility index (Phi) is 13.6. The molecule has 0 spiro atoms. The van der Waals surface area contributed by atoms with Crippen molar-refractivity contribution in [2.75, 3.05) is 105 Å². The molecule has 13 nitrogen and oxygen atoms in total. The second-order valence-electron chi connectivity index (χ2n) is 9.93. The van der Waals surface area contributed by atoms with Gasteiger partial charge in [-0.3, -0.25) is 29.4 Å². The molecule has 4 amide bonds.